The van der Waals surface area contributed by atoms with Crippen molar-refractivity contribution in [3.05, 3.63) is 24.0 Å². The number of nitrogens with zero attached hydrogens (tertiary/aromatic N) is 3. The first-order valence-corrected chi connectivity index (χ1v) is 6.08. The van der Waals surface area contributed by atoms with Crippen LogP contribution in [0.4, 0.5) is 0 Å². The lowest BCUT2D eigenvalue weighted by Gasteiger charge is -2.18. The van der Waals surface area contributed by atoms with Gasteiger partial charge >= 0.3 is 0 Å². The average Bonchev–Trinajstić information content (AvgIpc) is 2.79. The maximum absolute atomic E-state index is 5.58. The van der Waals surface area contributed by atoms with Crippen LogP contribution in [0.25, 0.3) is 11.4 Å². The molecular formula is C13H15N3O2. The number of hydrogen-bond acceptors (Lipinski definition) is 4. The molecule has 2 heterocycles. The predicted octanol–water partition coefficient (Wildman–Crippen LogP) is 1.82. The van der Waals surface area contributed by atoms with Gasteiger partial charge in [0.05, 0.1) is 0 Å². The molecule has 18 heavy (non-hydrogen) atoms. The molecule has 0 saturated heterocycles. The van der Waals surface area contributed by atoms with Gasteiger partial charge in [-0.1, -0.05) is 6.92 Å². The van der Waals surface area contributed by atoms with Crippen molar-refractivity contribution in [1.82, 2.24) is 14.8 Å². The number of benzene rings is 1. The van der Waals surface area contributed by atoms with Gasteiger partial charge in [-0.05, 0) is 18.2 Å². The summed E-state index contributed by atoms with van der Waals surface area (Å²) >= 11 is 0. The third-order valence-corrected chi connectivity index (χ3v) is 2.92. The van der Waals surface area contributed by atoms with E-state index in [-0.39, 0.29) is 0 Å². The summed E-state index contributed by atoms with van der Waals surface area (Å²) in [6.07, 6.45) is 0.832. The molecule has 3 rings (SSSR count). The summed E-state index contributed by atoms with van der Waals surface area (Å²) in [6, 6.07) is 5.86. The van der Waals surface area contributed by atoms with Crippen molar-refractivity contribution in [2.45, 2.75) is 13.3 Å². The Kier molecular flexibility index (Phi) is 2.66. The van der Waals surface area contributed by atoms with E-state index in [0.717, 1.165) is 35.1 Å². The minimum atomic E-state index is 0.593. The molecule has 1 aromatic carbocycles. The maximum Gasteiger partial charge on any atom is 0.162 e. The van der Waals surface area contributed by atoms with Crippen molar-refractivity contribution in [3.8, 4) is 22.9 Å². The third kappa shape index (κ3) is 1.81. The van der Waals surface area contributed by atoms with E-state index < -0.39 is 0 Å². The van der Waals surface area contributed by atoms with Gasteiger partial charge in [0.15, 0.2) is 23.1 Å². The summed E-state index contributed by atoms with van der Waals surface area (Å²) in [7, 11) is 1.90. The lowest BCUT2D eigenvalue weighted by atomic mass is 10.2. The lowest BCUT2D eigenvalue weighted by Crippen LogP contribution is -2.15. The van der Waals surface area contributed by atoms with Crippen LogP contribution in [-0.4, -0.2) is 28.0 Å². The zero-order valence-electron chi connectivity index (χ0n) is 10.5. The van der Waals surface area contributed by atoms with Crippen LogP contribution in [0, 0.1) is 0 Å². The van der Waals surface area contributed by atoms with Crippen LogP contribution >= 0.6 is 0 Å². The molecule has 0 fully saturated rings. The highest BCUT2D eigenvalue weighted by Crippen LogP contribution is 2.33. The van der Waals surface area contributed by atoms with Gasteiger partial charge in [-0.15, -0.1) is 0 Å². The average molecular weight is 245 g/mol. The van der Waals surface area contributed by atoms with Crippen LogP contribution in [0.5, 0.6) is 11.5 Å². The zero-order valence-corrected chi connectivity index (χ0v) is 10.5. The van der Waals surface area contributed by atoms with E-state index in [1.165, 1.54) is 0 Å². The fraction of sp³-hybridized carbons (Fsp3) is 0.385. The molecule has 5 nitrogen and oxygen atoms in total. The van der Waals surface area contributed by atoms with E-state index in [2.05, 4.69) is 10.1 Å². The van der Waals surface area contributed by atoms with Crippen molar-refractivity contribution in [2.24, 2.45) is 7.05 Å². The number of ether oxygens (including phenoxy) is 2. The normalized spacial score (nSPS) is 13.7. The minimum Gasteiger partial charge on any atom is -0.486 e. The monoisotopic (exact) mass is 245 g/mol. The molecule has 0 amide bonds. The predicted molar refractivity (Wildman–Crippen MR) is 66.8 cm³/mol. The molecule has 0 spiro atoms. The molecular weight excluding hydrogens is 230 g/mol. The lowest BCUT2D eigenvalue weighted by molar-refractivity contribution is 0.171. The molecule has 0 atom stereocenters. The number of aryl methyl sites for hydroxylation is 2. The highest BCUT2D eigenvalue weighted by Gasteiger charge is 2.15. The smallest absolute Gasteiger partial charge is 0.162 e. The van der Waals surface area contributed by atoms with Crippen molar-refractivity contribution in [1.29, 1.82) is 0 Å². The van der Waals surface area contributed by atoms with Crippen LogP contribution in [0.15, 0.2) is 18.2 Å². The zero-order chi connectivity index (χ0) is 12.5. The molecule has 1 aromatic heterocycles. The Bertz CT molecular complexity index is 578. The van der Waals surface area contributed by atoms with Gasteiger partial charge < -0.3 is 9.47 Å². The highest BCUT2D eigenvalue weighted by molar-refractivity contribution is 5.61. The largest absolute Gasteiger partial charge is 0.486 e. The number of fused-ring (bicyclic) bond motifs is 1. The van der Waals surface area contributed by atoms with Gasteiger partial charge in [-0.3, -0.25) is 0 Å². The second-order valence-electron chi connectivity index (χ2n) is 4.19. The molecule has 5 heteroatoms. The first kappa shape index (κ1) is 11.1. The summed E-state index contributed by atoms with van der Waals surface area (Å²) in [5, 5.41) is 4.35. The van der Waals surface area contributed by atoms with Gasteiger partial charge in [0.25, 0.3) is 0 Å². The molecule has 94 valence electrons. The van der Waals surface area contributed by atoms with Gasteiger partial charge in [0, 0.05) is 19.0 Å². The molecule has 2 aromatic rings. The van der Waals surface area contributed by atoms with Crippen LogP contribution < -0.4 is 9.47 Å². The van der Waals surface area contributed by atoms with Gasteiger partial charge in [0.2, 0.25) is 0 Å². The number of rotatable bonds is 2. The number of hydrogen-bond donors (Lipinski definition) is 0. The summed E-state index contributed by atoms with van der Waals surface area (Å²) < 4.78 is 12.9. The SMILES string of the molecule is CCc1nc(-c2ccc3c(c2)OCCO3)n(C)n1. The molecule has 0 N–H and O–H groups in total. The van der Waals surface area contributed by atoms with Crippen LogP contribution in [0.2, 0.25) is 0 Å². The van der Waals surface area contributed by atoms with E-state index in [9.17, 15) is 0 Å². The summed E-state index contributed by atoms with van der Waals surface area (Å²) in [5.41, 5.74) is 0.994. The molecule has 1 aliphatic rings. The standard InChI is InChI=1S/C13H15N3O2/c1-3-12-14-13(16(2)15-12)9-4-5-10-11(8-9)18-7-6-17-10/h4-5,8H,3,6-7H2,1-2H3. The van der Waals surface area contributed by atoms with Gasteiger partial charge in [-0.2, -0.15) is 5.10 Å². The van der Waals surface area contributed by atoms with E-state index >= 15 is 0 Å². The Hall–Kier alpha value is -2.04. The van der Waals surface area contributed by atoms with Crippen molar-refractivity contribution in [3.63, 3.8) is 0 Å². The van der Waals surface area contributed by atoms with E-state index in [4.69, 9.17) is 9.47 Å². The molecule has 0 radical (unpaired) electrons. The Morgan fingerprint density at radius 3 is 2.72 bits per heavy atom. The summed E-state index contributed by atoms with van der Waals surface area (Å²) in [6.45, 7) is 3.24. The van der Waals surface area contributed by atoms with Gasteiger partial charge in [-0.25, -0.2) is 9.67 Å². The van der Waals surface area contributed by atoms with E-state index in [1.54, 1.807) is 4.68 Å². The fourth-order valence-electron chi connectivity index (χ4n) is 2.02. The maximum atomic E-state index is 5.58. The molecule has 0 unspecified atom stereocenters. The minimum absolute atomic E-state index is 0.593. The number of aromatic nitrogens is 3. The van der Waals surface area contributed by atoms with Crippen LogP contribution in [0.1, 0.15) is 12.7 Å². The Morgan fingerprint density at radius 2 is 2.00 bits per heavy atom. The molecule has 0 bridgehead atoms. The Morgan fingerprint density at radius 1 is 1.22 bits per heavy atom. The van der Waals surface area contributed by atoms with E-state index in [1.807, 2.05) is 32.2 Å². The Balaban J connectivity index is 2.03. The van der Waals surface area contributed by atoms with Crippen LogP contribution in [-0.2, 0) is 13.5 Å². The van der Waals surface area contributed by atoms with Crippen molar-refractivity contribution < 1.29 is 9.47 Å². The summed E-state index contributed by atoms with van der Waals surface area (Å²) in [5.74, 6) is 3.27. The summed E-state index contributed by atoms with van der Waals surface area (Å²) in [4.78, 5) is 4.50. The van der Waals surface area contributed by atoms with Crippen LogP contribution in [0.3, 0.4) is 0 Å². The first-order valence-electron chi connectivity index (χ1n) is 6.08. The third-order valence-electron chi connectivity index (χ3n) is 2.92. The molecule has 1 aliphatic heterocycles. The second-order valence-corrected chi connectivity index (χ2v) is 4.19. The van der Waals surface area contributed by atoms with Crippen molar-refractivity contribution in [2.75, 3.05) is 13.2 Å². The molecule has 0 aliphatic carbocycles. The first-order chi connectivity index (χ1) is 8.78. The molecule has 0 saturated carbocycles. The highest BCUT2D eigenvalue weighted by atomic mass is 16.6. The Labute approximate surface area is 105 Å². The van der Waals surface area contributed by atoms with Crippen molar-refractivity contribution >= 4 is 0 Å². The topological polar surface area (TPSA) is 49.2 Å². The van der Waals surface area contributed by atoms with E-state index in [0.29, 0.717) is 13.2 Å². The van der Waals surface area contributed by atoms with Gasteiger partial charge in [0.1, 0.15) is 13.2 Å². The second kappa shape index (κ2) is 4.33. The fourth-order valence-corrected chi connectivity index (χ4v) is 2.02. The quantitative estimate of drug-likeness (QED) is 0.809.